The molecular formula is C15H18O3. The van der Waals surface area contributed by atoms with Crippen LogP contribution in [0.1, 0.15) is 29.6 Å². The Hall–Kier alpha value is -1.35. The summed E-state index contributed by atoms with van der Waals surface area (Å²) in [6.07, 6.45) is 2.89. The number of rotatable bonds is 3. The van der Waals surface area contributed by atoms with Gasteiger partial charge in [-0.15, -0.1) is 0 Å². The molecule has 1 N–H and O–H groups in total. The highest BCUT2D eigenvalue weighted by atomic mass is 16.5. The van der Waals surface area contributed by atoms with Crippen LogP contribution in [0, 0.1) is 17.8 Å². The van der Waals surface area contributed by atoms with Crippen LogP contribution in [-0.2, 0) is 4.74 Å². The van der Waals surface area contributed by atoms with E-state index in [1.807, 2.05) is 18.2 Å². The van der Waals surface area contributed by atoms with Gasteiger partial charge >= 0.3 is 5.97 Å². The Morgan fingerprint density at radius 1 is 1.17 bits per heavy atom. The maximum Gasteiger partial charge on any atom is 0.338 e. The summed E-state index contributed by atoms with van der Waals surface area (Å²) in [6, 6.07) is 9.10. The summed E-state index contributed by atoms with van der Waals surface area (Å²) in [5.41, 5.74) is 0.612. The number of benzene rings is 1. The molecule has 4 atom stereocenters. The smallest absolute Gasteiger partial charge is 0.338 e. The summed E-state index contributed by atoms with van der Waals surface area (Å²) in [5, 5.41) is 9.68. The molecule has 0 amide bonds. The molecule has 2 bridgehead atoms. The molecule has 0 saturated heterocycles. The van der Waals surface area contributed by atoms with Crippen LogP contribution in [0.15, 0.2) is 30.3 Å². The van der Waals surface area contributed by atoms with E-state index in [1.165, 1.54) is 0 Å². The normalized spacial score (nSPS) is 33.6. The zero-order chi connectivity index (χ0) is 12.5. The molecule has 96 valence electrons. The number of ether oxygens (including phenoxy) is 1. The number of aliphatic hydroxyl groups is 1. The van der Waals surface area contributed by atoms with Gasteiger partial charge in [0.2, 0.25) is 0 Å². The van der Waals surface area contributed by atoms with Crippen molar-refractivity contribution in [1.29, 1.82) is 0 Å². The molecule has 3 heteroatoms. The number of carbonyl (C=O) groups is 1. The molecule has 1 aromatic rings. The highest BCUT2D eigenvalue weighted by Gasteiger charge is 2.45. The van der Waals surface area contributed by atoms with Crippen LogP contribution >= 0.6 is 0 Å². The topological polar surface area (TPSA) is 46.5 Å². The minimum atomic E-state index is -0.237. The Morgan fingerprint density at radius 3 is 2.56 bits per heavy atom. The van der Waals surface area contributed by atoms with Crippen molar-refractivity contribution < 1.29 is 14.6 Å². The summed E-state index contributed by atoms with van der Waals surface area (Å²) in [4.78, 5) is 11.8. The predicted octanol–water partition coefficient (Wildman–Crippen LogP) is 2.25. The summed E-state index contributed by atoms with van der Waals surface area (Å²) in [6.45, 7) is 0.502. The van der Waals surface area contributed by atoms with Gasteiger partial charge in [-0.25, -0.2) is 4.79 Å². The Labute approximate surface area is 107 Å². The Bertz CT molecular complexity index is 427. The first-order valence-electron chi connectivity index (χ1n) is 6.64. The average Bonchev–Trinajstić information content (AvgIpc) is 2.95. The zero-order valence-corrected chi connectivity index (χ0v) is 10.3. The van der Waals surface area contributed by atoms with Crippen LogP contribution in [-0.4, -0.2) is 23.8 Å². The molecule has 18 heavy (non-hydrogen) atoms. The van der Waals surface area contributed by atoms with Crippen molar-refractivity contribution >= 4 is 5.97 Å². The van der Waals surface area contributed by atoms with Crippen LogP contribution in [0.3, 0.4) is 0 Å². The first-order valence-corrected chi connectivity index (χ1v) is 6.64. The van der Waals surface area contributed by atoms with E-state index in [9.17, 15) is 9.90 Å². The number of esters is 1. The fourth-order valence-corrected chi connectivity index (χ4v) is 3.41. The quantitative estimate of drug-likeness (QED) is 0.832. The van der Waals surface area contributed by atoms with Gasteiger partial charge in [-0.1, -0.05) is 18.2 Å². The summed E-state index contributed by atoms with van der Waals surface area (Å²) in [5.74, 6) is 1.20. The lowest BCUT2D eigenvalue weighted by atomic mass is 9.88. The van der Waals surface area contributed by atoms with Crippen LogP contribution in [0.2, 0.25) is 0 Å². The molecule has 2 aliphatic rings. The molecule has 0 spiro atoms. The van der Waals surface area contributed by atoms with Crippen LogP contribution < -0.4 is 0 Å². The van der Waals surface area contributed by atoms with E-state index in [0.717, 1.165) is 19.3 Å². The van der Waals surface area contributed by atoms with Gasteiger partial charge in [-0.05, 0) is 49.1 Å². The third-order valence-electron chi connectivity index (χ3n) is 4.40. The highest BCUT2D eigenvalue weighted by Crippen LogP contribution is 2.48. The Morgan fingerprint density at radius 2 is 1.94 bits per heavy atom. The molecule has 0 aliphatic heterocycles. The van der Waals surface area contributed by atoms with E-state index in [2.05, 4.69) is 0 Å². The van der Waals surface area contributed by atoms with Crippen molar-refractivity contribution in [2.45, 2.75) is 25.4 Å². The van der Waals surface area contributed by atoms with E-state index < -0.39 is 0 Å². The van der Waals surface area contributed by atoms with E-state index >= 15 is 0 Å². The second-order valence-corrected chi connectivity index (χ2v) is 5.52. The fourth-order valence-electron chi connectivity index (χ4n) is 3.41. The molecule has 4 unspecified atom stereocenters. The first kappa shape index (κ1) is 11.7. The second-order valence-electron chi connectivity index (χ2n) is 5.52. The van der Waals surface area contributed by atoms with Crippen molar-refractivity contribution in [2.24, 2.45) is 17.8 Å². The second kappa shape index (κ2) is 4.73. The number of hydrogen-bond acceptors (Lipinski definition) is 3. The van der Waals surface area contributed by atoms with Crippen LogP contribution in [0.5, 0.6) is 0 Å². The van der Waals surface area contributed by atoms with Gasteiger partial charge in [0.05, 0.1) is 18.3 Å². The predicted molar refractivity (Wildman–Crippen MR) is 67.1 cm³/mol. The van der Waals surface area contributed by atoms with Crippen LogP contribution in [0.4, 0.5) is 0 Å². The minimum Gasteiger partial charge on any atom is -0.462 e. The van der Waals surface area contributed by atoms with Crippen molar-refractivity contribution in [3.8, 4) is 0 Å². The van der Waals surface area contributed by atoms with Gasteiger partial charge in [0.25, 0.3) is 0 Å². The van der Waals surface area contributed by atoms with Gasteiger partial charge in [0.1, 0.15) is 0 Å². The fraction of sp³-hybridized carbons (Fsp3) is 0.533. The molecule has 1 aromatic carbocycles. The van der Waals surface area contributed by atoms with Crippen LogP contribution in [0.25, 0.3) is 0 Å². The molecular weight excluding hydrogens is 228 g/mol. The molecule has 0 radical (unpaired) electrons. The van der Waals surface area contributed by atoms with Crippen molar-refractivity contribution in [3.05, 3.63) is 35.9 Å². The number of carbonyl (C=O) groups excluding carboxylic acids is 1. The van der Waals surface area contributed by atoms with Crippen molar-refractivity contribution in [1.82, 2.24) is 0 Å². The molecule has 3 rings (SSSR count). The van der Waals surface area contributed by atoms with Gasteiger partial charge < -0.3 is 9.84 Å². The third-order valence-corrected chi connectivity index (χ3v) is 4.40. The Balaban J connectivity index is 1.53. The van der Waals surface area contributed by atoms with Crippen molar-refractivity contribution in [2.75, 3.05) is 6.61 Å². The third kappa shape index (κ3) is 2.15. The summed E-state index contributed by atoms with van der Waals surface area (Å²) < 4.78 is 5.38. The van der Waals surface area contributed by atoms with Gasteiger partial charge in [-0.3, -0.25) is 0 Å². The minimum absolute atomic E-state index is 0.115. The molecule has 3 nitrogen and oxygen atoms in total. The SMILES string of the molecule is O=C(OCC1CC2CC1CC2O)c1ccccc1. The molecule has 0 heterocycles. The van der Waals surface area contributed by atoms with E-state index in [-0.39, 0.29) is 12.1 Å². The van der Waals surface area contributed by atoms with Crippen molar-refractivity contribution in [3.63, 3.8) is 0 Å². The lowest BCUT2D eigenvalue weighted by Gasteiger charge is -2.24. The van der Waals surface area contributed by atoms with E-state index in [0.29, 0.717) is 29.9 Å². The van der Waals surface area contributed by atoms with Gasteiger partial charge in [-0.2, -0.15) is 0 Å². The molecule has 0 aromatic heterocycles. The Kier molecular flexibility index (Phi) is 3.08. The lowest BCUT2D eigenvalue weighted by Crippen LogP contribution is -2.25. The standard InChI is InChI=1S/C15H18O3/c16-14-8-11-6-12(14)7-13(11)9-18-15(17)10-4-2-1-3-5-10/h1-5,11-14,16H,6-9H2. The zero-order valence-electron chi connectivity index (χ0n) is 10.3. The maximum absolute atomic E-state index is 11.8. The van der Waals surface area contributed by atoms with Gasteiger partial charge in [0, 0.05) is 0 Å². The molecule has 2 aliphatic carbocycles. The molecule has 2 fully saturated rings. The maximum atomic E-state index is 11.8. The largest absolute Gasteiger partial charge is 0.462 e. The van der Waals surface area contributed by atoms with E-state index in [1.54, 1.807) is 12.1 Å². The number of fused-ring (bicyclic) bond motifs is 2. The average molecular weight is 246 g/mol. The first-order chi connectivity index (χ1) is 8.74. The summed E-state index contributed by atoms with van der Waals surface area (Å²) in [7, 11) is 0. The lowest BCUT2D eigenvalue weighted by molar-refractivity contribution is 0.0313. The highest BCUT2D eigenvalue weighted by molar-refractivity contribution is 5.89. The number of hydrogen-bond donors (Lipinski definition) is 1. The van der Waals surface area contributed by atoms with Gasteiger partial charge in [0.15, 0.2) is 0 Å². The molecule has 2 saturated carbocycles. The summed E-state index contributed by atoms with van der Waals surface area (Å²) >= 11 is 0. The monoisotopic (exact) mass is 246 g/mol. The number of aliphatic hydroxyl groups excluding tert-OH is 1. The van der Waals surface area contributed by atoms with E-state index in [4.69, 9.17) is 4.74 Å².